The number of nitrogens with two attached hydrogens (primary N) is 1. The van der Waals surface area contributed by atoms with Crippen LogP contribution >= 0.6 is 0 Å². The van der Waals surface area contributed by atoms with Crippen LogP contribution in [0.4, 0.5) is 0 Å². The summed E-state index contributed by atoms with van der Waals surface area (Å²) in [5.41, 5.74) is 5.50. The first-order valence-electron chi connectivity index (χ1n) is 3.57. The summed E-state index contributed by atoms with van der Waals surface area (Å²) < 4.78 is 4.91. The van der Waals surface area contributed by atoms with Crippen molar-refractivity contribution in [3.8, 4) is 0 Å². The van der Waals surface area contributed by atoms with Crippen LogP contribution in [0.2, 0.25) is 0 Å². The van der Waals surface area contributed by atoms with E-state index in [0.717, 1.165) is 6.42 Å². The van der Waals surface area contributed by atoms with Gasteiger partial charge in [0.2, 0.25) is 0 Å². The second-order valence-corrected chi connectivity index (χ2v) is 2.62. The zero-order chi connectivity index (χ0) is 8.04. The van der Waals surface area contributed by atoms with Gasteiger partial charge >= 0.3 is 0 Å². The molecule has 0 bridgehead atoms. The predicted molar refractivity (Wildman–Crippen MR) is 40.8 cm³/mol. The highest BCUT2D eigenvalue weighted by molar-refractivity contribution is 4.81. The average Bonchev–Trinajstić information content (AvgIpc) is 1.89. The highest BCUT2D eigenvalue weighted by atomic mass is 16.5. The van der Waals surface area contributed by atoms with Gasteiger partial charge in [-0.2, -0.15) is 0 Å². The molecule has 0 aromatic carbocycles. The lowest BCUT2D eigenvalue weighted by molar-refractivity contribution is 0.109. The number of aliphatic hydroxyl groups excluding tert-OH is 1. The van der Waals surface area contributed by atoms with Crippen molar-refractivity contribution < 1.29 is 9.84 Å². The van der Waals surface area contributed by atoms with E-state index >= 15 is 0 Å². The van der Waals surface area contributed by atoms with Crippen LogP contribution < -0.4 is 5.73 Å². The second kappa shape index (κ2) is 4.66. The topological polar surface area (TPSA) is 55.5 Å². The largest absolute Gasteiger partial charge is 0.396 e. The summed E-state index contributed by atoms with van der Waals surface area (Å²) in [5.74, 6) is 0. The Bertz CT molecular complexity index is 79.7. The van der Waals surface area contributed by atoms with Crippen LogP contribution in [0.15, 0.2) is 0 Å². The van der Waals surface area contributed by atoms with Crippen LogP contribution in [-0.2, 0) is 4.74 Å². The van der Waals surface area contributed by atoms with Gasteiger partial charge in [0.1, 0.15) is 0 Å². The normalized spacial score (nSPS) is 16.8. The van der Waals surface area contributed by atoms with Crippen molar-refractivity contribution in [2.45, 2.75) is 25.3 Å². The summed E-state index contributed by atoms with van der Waals surface area (Å²) >= 11 is 0. The quantitative estimate of drug-likeness (QED) is 0.581. The van der Waals surface area contributed by atoms with E-state index in [1.807, 2.05) is 6.92 Å². The molecule has 0 radical (unpaired) electrons. The van der Waals surface area contributed by atoms with E-state index < -0.39 is 0 Å². The van der Waals surface area contributed by atoms with Gasteiger partial charge in [0.15, 0.2) is 0 Å². The van der Waals surface area contributed by atoms with Crippen molar-refractivity contribution in [1.82, 2.24) is 0 Å². The highest BCUT2D eigenvalue weighted by Crippen LogP contribution is 2.10. The molecule has 0 saturated heterocycles. The molecule has 0 aliphatic heterocycles. The number of hydrogen-bond acceptors (Lipinski definition) is 3. The molecule has 0 aliphatic carbocycles. The molecule has 0 aliphatic rings. The van der Waals surface area contributed by atoms with E-state index in [9.17, 15) is 0 Å². The molecule has 0 aromatic heterocycles. The van der Waals surface area contributed by atoms with Gasteiger partial charge in [-0.1, -0.05) is 6.92 Å². The van der Waals surface area contributed by atoms with Crippen LogP contribution in [-0.4, -0.2) is 31.0 Å². The van der Waals surface area contributed by atoms with E-state index in [2.05, 4.69) is 0 Å². The molecule has 0 heterocycles. The molecule has 3 N–H and O–H groups in total. The number of rotatable bonds is 5. The SMILES string of the molecule is CCC(N)(CCO)COC. The van der Waals surface area contributed by atoms with Crippen molar-refractivity contribution in [3.63, 3.8) is 0 Å². The fourth-order valence-corrected chi connectivity index (χ4v) is 0.861. The number of hydrogen-bond donors (Lipinski definition) is 2. The predicted octanol–water partition coefficient (Wildman–Crippen LogP) is 0.123. The third-order valence-corrected chi connectivity index (χ3v) is 1.75. The van der Waals surface area contributed by atoms with Crippen molar-refractivity contribution >= 4 is 0 Å². The maximum Gasteiger partial charge on any atom is 0.0643 e. The zero-order valence-electron chi connectivity index (χ0n) is 6.76. The minimum absolute atomic E-state index is 0.133. The molecule has 1 atom stereocenters. The third-order valence-electron chi connectivity index (χ3n) is 1.75. The average molecular weight is 147 g/mol. The van der Waals surface area contributed by atoms with Gasteiger partial charge in [-0.05, 0) is 12.8 Å². The van der Waals surface area contributed by atoms with Gasteiger partial charge in [0.05, 0.1) is 6.61 Å². The van der Waals surface area contributed by atoms with Crippen LogP contribution in [0, 0.1) is 0 Å². The van der Waals surface area contributed by atoms with E-state index in [4.69, 9.17) is 15.6 Å². The Balaban J connectivity index is 3.69. The lowest BCUT2D eigenvalue weighted by Gasteiger charge is -2.25. The maximum absolute atomic E-state index is 8.62. The molecule has 0 aromatic rings. The lowest BCUT2D eigenvalue weighted by atomic mass is 9.95. The van der Waals surface area contributed by atoms with E-state index in [-0.39, 0.29) is 12.1 Å². The van der Waals surface area contributed by atoms with Crippen LogP contribution in [0.5, 0.6) is 0 Å². The minimum atomic E-state index is -0.330. The molecule has 1 unspecified atom stereocenters. The summed E-state index contributed by atoms with van der Waals surface area (Å²) in [7, 11) is 1.62. The fraction of sp³-hybridized carbons (Fsp3) is 1.00. The number of methoxy groups -OCH3 is 1. The van der Waals surface area contributed by atoms with Crippen LogP contribution in [0.25, 0.3) is 0 Å². The van der Waals surface area contributed by atoms with Crippen molar-refractivity contribution in [3.05, 3.63) is 0 Å². The van der Waals surface area contributed by atoms with E-state index in [1.165, 1.54) is 0 Å². The molecular formula is C7H17NO2. The Hall–Kier alpha value is -0.120. The molecular weight excluding hydrogens is 130 g/mol. The smallest absolute Gasteiger partial charge is 0.0643 e. The first kappa shape index (κ1) is 9.88. The standard InChI is InChI=1S/C7H17NO2/c1-3-7(8,4-5-9)6-10-2/h9H,3-6,8H2,1-2H3. The Morgan fingerprint density at radius 2 is 2.20 bits per heavy atom. The van der Waals surface area contributed by atoms with Crippen LogP contribution in [0.1, 0.15) is 19.8 Å². The summed E-state index contributed by atoms with van der Waals surface area (Å²) in [5, 5.41) is 8.62. The van der Waals surface area contributed by atoms with Gasteiger partial charge < -0.3 is 15.6 Å². The van der Waals surface area contributed by atoms with Gasteiger partial charge in [-0.25, -0.2) is 0 Å². The summed E-state index contributed by atoms with van der Waals surface area (Å²) in [6, 6.07) is 0. The number of aliphatic hydroxyl groups is 1. The molecule has 0 spiro atoms. The minimum Gasteiger partial charge on any atom is -0.396 e. The Labute approximate surface area is 62.2 Å². The summed E-state index contributed by atoms with van der Waals surface area (Å²) in [4.78, 5) is 0. The first-order valence-corrected chi connectivity index (χ1v) is 3.57. The summed E-state index contributed by atoms with van der Waals surface area (Å²) in [6.45, 7) is 2.65. The van der Waals surface area contributed by atoms with Gasteiger partial charge in [0.25, 0.3) is 0 Å². The first-order chi connectivity index (χ1) is 4.68. The summed E-state index contributed by atoms with van der Waals surface area (Å²) in [6.07, 6.45) is 1.44. The van der Waals surface area contributed by atoms with Crippen LogP contribution in [0.3, 0.4) is 0 Å². The molecule has 0 rings (SSSR count). The van der Waals surface area contributed by atoms with E-state index in [0.29, 0.717) is 13.0 Å². The van der Waals surface area contributed by atoms with Gasteiger partial charge in [-0.15, -0.1) is 0 Å². The van der Waals surface area contributed by atoms with Crippen molar-refractivity contribution in [1.29, 1.82) is 0 Å². The van der Waals surface area contributed by atoms with Crippen molar-refractivity contribution in [2.75, 3.05) is 20.3 Å². The lowest BCUT2D eigenvalue weighted by Crippen LogP contribution is -2.44. The van der Waals surface area contributed by atoms with Gasteiger partial charge in [-0.3, -0.25) is 0 Å². The Kier molecular flexibility index (Phi) is 4.60. The number of ether oxygens (including phenoxy) is 1. The molecule has 62 valence electrons. The van der Waals surface area contributed by atoms with Crippen molar-refractivity contribution in [2.24, 2.45) is 5.73 Å². The third kappa shape index (κ3) is 3.15. The fourth-order valence-electron chi connectivity index (χ4n) is 0.861. The molecule has 0 amide bonds. The molecule has 0 saturated carbocycles. The highest BCUT2D eigenvalue weighted by Gasteiger charge is 2.21. The van der Waals surface area contributed by atoms with E-state index in [1.54, 1.807) is 7.11 Å². The Morgan fingerprint density at radius 3 is 2.50 bits per heavy atom. The zero-order valence-corrected chi connectivity index (χ0v) is 6.76. The monoisotopic (exact) mass is 147 g/mol. The Morgan fingerprint density at radius 1 is 1.60 bits per heavy atom. The maximum atomic E-state index is 8.62. The molecule has 10 heavy (non-hydrogen) atoms. The molecule has 3 nitrogen and oxygen atoms in total. The molecule has 0 fully saturated rings. The van der Waals surface area contributed by atoms with Gasteiger partial charge in [0, 0.05) is 19.3 Å². The second-order valence-electron chi connectivity index (χ2n) is 2.62. The molecule has 3 heteroatoms.